The van der Waals surface area contributed by atoms with Crippen molar-refractivity contribution in [2.45, 2.75) is 71.1 Å². The molecule has 2 heterocycles. The average molecular weight is 462 g/mol. The standard InChI is InChI=1S/C23H32ClN5O3/c1-14(24)19(20-13-26-29-9-8-18(32-4)11-21(20)29)12-22(25-3)28-23(31)16-6-5-7-17(10-16)27-15(2)30/h12-13,16-18H,3,5-11H2,1-2,4H3,(H,27,30)(H,28,31)/b19-14-,22-12+/t16-,17+,18?/m0/s1. The number of halogens is 1. The second-order valence-electron chi connectivity index (χ2n) is 8.46. The summed E-state index contributed by atoms with van der Waals surface area (Å²) in [5.41, 5.74) is 2.69. The van der Waals surface area contributed by atoms with E-state index in [1.807, 2.05) is 4.68 Å². The summed E-state index contributed by atoms with van der Waals surface area (Å²) < 4.78 is 7.52. The fraction of sp³-hybridized carbons (Fsp3) is 0.565. The number of ether oxygens (including phenoxy) is 1. The Labute approximate surface area is 194 Å². The molecule has 1 fully saturated rings. The molecule has 32 heavy (non-hydrogen) atoms. The number of aryl methyl sites for hydroxylation is 1. The molecule has 2 amide bonds. The van der Waals surface area contributed by atoms with Crippen molar-refractivity contribution < 1.29 is 14.3 Å². The van der Waals surface area contributed by atoms with E-state index >= 15 is 0 Å². The van der Waals surface area contributed by atoms with Crippen LogP contribution in [0, 0.1) is 5.92 Å². The Morgan fingerprint density at radius 1 is 1.34 bits per heavy atom. The Morgan fingerprint density at radius 2 is 2.12 bits per heavy atom. The molecule has 1 aliphatic carbocycles. The summed E-state index contributed by atoms with van der Waals surface area (Å²) in [6.07, 6.45) is 8.50. The summed E-state index contributed by atoms with van der Waals surface area (Å²) in [6.45, 7) is 7.71. The third-order valence-electron chi connectivity index (χ3n) is 6.18. The summed E-state index contributed by atoms with van der Waals surface area (Å²) in [4.78, 5) is 28.3. The van der Waals surface area contributed by atoms with Crippen LogP contribution >= 0.6 is 11.6 Å². The van der Waals surface area contributed by atoms with Gasteiger partial charge in [0.1, 0.15) is 5.82 Å². The molecule has 0 spiro atoms. The van der Waals surface area contributed by atoms with Crippen molar-refractivity contribution in [3.8, 4) is 0 Å². The second-order valence-corrected chi connectivity index (χ2v) is 9.03. The molecular formula is C23H32ClN5O3. The number of rotatable bonds is 7. The van der Waals surface area contributed by atoms with Crippen LogP contribution in [0.4, 0.5) is 0 Å². The number of methoxy groups -OCH3 is 1. The zero-order valence-electron chi connectivity index (χ0n) is 19.0. The fourth-order valence-electron chi connectivity index (χ4n) is 4.52. The van der Waals surface area contributed by atoms with Gasteiger partial charge in [0.2, 0.25) is 11.8 Å². The number of hydrogen-bond acceptors (Lipinski definition) is 5. The summed E-state index contributed by atoms with van der Waals surface area (Å²) in [5.74, 6) is -0.0499. The van der Waals surface area contributed by atoms with E-state index in [9.17, 15) is 9.59 Å². The lowest BCUT2D eigenvalue weighted by molar-refractivity contribution is -0.126. The molecule has 0 bridgehead atoms. The van der Waals surface area contributed by atoms with Crippen molar-refractivity contribution in [3.05, 3.63) is 34.4 Å². The van der Waals surface area contributed by atoms with Crippen LogP contribution in [0.2, 0.25) is 0 Å². The summed E-state index contributed by atoms with van der Waals surface area (Å²) in [7, 11) is 1.72. The zero-order valence-corrected chi connectivity index (χ0v) is 19.7. The maximum atomic E-state index is 12.9. The van der Waals surface area contributed by atoms with E-state index in [1.165, 1.54) is 6.92 Å². The number of amides is 2. The van der Waals surface area contributed by atoms with Crippen LogP contribution in [0.25, 0.3) is 5.57 Å². The van der Waals surface area contributed by atoms with Crippen LogP contribution in [0.1, 0.15) is 57.2 Å². The topological polar surface area (TPSA) is 97.6 Å². The maximum Gasteiger partial charge on any atom is 0.228 e. The lowest BCUT2D eigenvalue weighted by Crippen LogP contribution is -2.41. The molecule has 0 radical (unpaired) electrons. The molecule has 2 N–H and O–H groups in total. The van der Waals surface area contributed by atoms with Gasteiger partial charge in [-0.15, -0.1) is 0 Å². The lowest BCUT2D eigenvalue weighted by Gasteiger charge is -2.28. The van der Waals surface area contributed by atoms with Crippen LogP contribution in [0.15, 0.2) is 28.1 Å². The predicted molar refractivity (Wildman–Crippen MR) is 125 cm³/mol. The normalized spacial score (nSPS) is 24.2. The minimum atomic E-state index is -0.193. The van der Waals surface area contributed by atoms with E-state index in [1.54, 1.807) is 26.3 Å². The third kappa shape index (κ3) is 5.86. The van der Waals surface area contributed by atoms with E-state index in [0.29, 0.717) is 17.3 Å². The van der Waals surface area contributed by atoms with Crippen molar-refractivity contribution in [3.63, 3.8) is 0 Å². The zero-order chi connectivity index (χ0) is 23.3. The second kappa shape index (κ2) is 10.9. The number of fused-ring (bicyclic) bond motifs is 1. The van der Waals surface area contributed by atoms with Gasteiger partial charge in [0.25, 0.3) is 0 Å². The SMILES string of the molecule is C=N/C(=C\C(=C(/C)Cl)c1cnn2c1CC(OC)CC2)NC(=O)[C@H]1CCC[C@@H](NC(C)=O)C1. The Bertz CT molecular complexity index is 932. The molecular weight excluding hydrogens is 430 g/mol. The number of nitrogens with zero attached hydrogens (tertiary/aromatic N) is 3. The number of carbonyl (C=O) groups is 2. The molecule has 3 rings (SSSR count). The first-order valence-corrected chi connectivity index (χ1v) is 11.4. The van der Waals surface area contributed by atoms with Gasteiger partial charge in [-0.2, -0.15) is 5.10 Å². The predicted octanol–water partition coefficient (Wildman–Crippen LogP) is 3.17. The minimum absolute atomic E-state index is 0.0225. The fourth-order valence-corrected chi connectivity index (χ4v) is 4.68. The number of aliphatic imine (C=N–C) groups is 1. The Morgan fingerprint density at radius 3 is 2.78 bits per heavy atom. The number of nitrogens with one attached hydrogen (secondary N) is 2. The van der Waals surface area contributed by atoms with Crippen LogP contribution in [0.3, 0.4) is 0 Å². The summed E-state index contributed by atoms with van der Waals surface area (Å²) in [5, 5.41) is 10.9. The van der Waals surface area contributed by atoms with Crippen LogP contribution < -0.4 is 10.6 Å². The van der Waals surface area contributed by atoms with Crippen molar-refractivity contribution in [1.82, 2.24) is 20.4 Å². The maximum absolute atomic E-state index is 12.9. The number of allylic oxidation sites excluding steroid dienone is 3. The van der Waals surface area contributed by atoms with Crippen LogP contribution in [0.5, 0.6) is 0 Å². The highest BCUT2D eigenvalue weighted by atomic mass is 35.5. The molecule has 0 aromatic carbocycles. The van der Waals surface area contributed by atoms with Crippen LogP contribution in [-0.4, -0.2) is 47.6 Å². The van der Waals surface area contributed by atoms with Crippen molar-refractivity contribution >= 4 is 35.7 Å². The quantitative estimate of drug-likeness (QED) is 0.481. The average Bonchev–Trinajstić information content (AvgIpc) is 3.18. The minimum Gasteiger partial charge on any atom is -0.381 e. The van der Waals surface area contributed by atoms with Gasteiger partial charge in [-0.05, 0) is 45.4 Å². The molecule has 1 saturated carbocycles. The molecule has 3 atom stereocenters. The lowest BCUT2D eigenvalue weighted by atomic mass is 9.85. The summed E-state index contributed by atoms with van der Waals surface area (Å²) in [6, 6.07) is 0.0225. The highest BCUT2D eigenvalue weighted by Gasteiger charge is 2.28. The van der Waals surface area contributed by atoms with E-state index < -0.39 is 0 Å². The molecule has 9 heteroatoms. The first kappa shape index (κ1) is 24.2. The van der Waals surface area contributed by atoms with Gasteiger partial charge in [-0.1, -0.05) is 18.0 Å². The number of hydrogen-bond donors (Lipinski definition) is 2. The Kier molecular flexibility index (Phi) is 8.26. The van der Waals surface area contributed by atoms with Gasteiger partial charge in [0.05, 0.1) is 12.3 Å². The first-order chi connectivity index (χ1) is 15.3. The summed E-state index contributed by atoms with van der Waals surface area (Å²) >= 11 is 6.45. The Hall–Kier alpha value is -2.45. The molecule has 2 aliphatic rings. The third-order valence-corrected chi connectivity index (χ3v) is 6.39. The molecule has 174 valence electrons. The van der Waals surface area contributed by atoms with Gasteiger partial charge in [0, 0.05) is 60.8 Å². The van der Waals surface area contributed by atoms with Gasteiger partial charge >= 0.3 is 0 Å². The van der Waals surface area contributed by atoms with Crippen molar-refractivity contribution in [1.29, 1.82) is 0 Å². The molecule has 1 aromatic rings. The number of carbonyl (C=O) groups excluding carboxylic acids is 2. The van der Waals surface area contributed by atoms with Gasteiger partial charge in [-0.3, -0.25) is 14.3 Å². The highest BCUT2D eigenvalue weighted by Crippen LogP contribution is 2.31. The van der Waals surface area contributed by atoms with Gasteiger partial charge < -0.3 is 15.4 Å². The smallest absolute Gasteiger partial charge is 0.228 e. The molecule has 1 aromatic heterocycles. The van der Waals surface area contributed by atoms with E-state index in [-0.39, 0.29) is 29.9 Å². The first-order valence-electron chi connectivity index (χ1n) is 11.0. The number of aromatic nitrogens is 2. The molecule has 0 saturated heterocycles. The Balaban J connectivity index is 1.78. The van der Waals surface area contributed by atoms with Crippen molar-refractivity contribution in [2.75, 3.05) is 7.11 Å². The van der Waals surface area contributed by atoms with E-state index in [0.717, 1.165) is 55.5 Å². The largest absolute Gasteiger partial charge is 0.381 e. The van der Waals surface area contributed by atoms with Crippen molar-refractivity contribution in [2.24, 2.45) is 10.9 Å². The molecule has 1 unspecified atom stereocenters. The van der Waals surface area contributed by atoms with E-state index in [4.69, 9.17) is 16.3 Å². The van der Waals surface area contributed by atoms with Crippen LogP contribution in [-0.2, 0) is 27.3 Å². The monoisotopic (exact) mass is 461 g/mol. The molecule has 8 nitrogen and oxygen atoms in total. The van der Waals surface area contributed by atoms with Gasteiger partial charge in [-0.25, -0.2) is 4.99 Å². The van der Waals surface area contributed by atoms with Gasteiger partial charge in [0.15, 0.2) is 0 Å². The molecule has 1 aliphatic heterocycles. The highest BCUT2D eigenvalue weighted by molar-refractivity contribution is 6.32. The van der Waals surface area contributed by atoms with E-state index in [2.05, 4.69) is 27.4 Å².